The lowest BCUT2D eigenvalue weighted by atomic mass is 10.2. The Morgan fingerprint density at radius 1 is 0.964 bits per heavy atom. The zero-order chi connectivity index (χ0) is 20.1. The van der Waals surface area contributed by atoms with Gasteiger partial charge in [-0.05, 0) is 54.6 Å². The Kier molecular flexibility index (Phi) is 5.49. The molecule has 0 saturated carbocycles. The number of pyridine rings is 1. The van der Waals surface area contributed by atoms with Gasteiger partial charge >= 0.3 is 6.18 Å². The third kappa shape index (κ3) is 4.79. The van der Waals surface area contributed by atoms with Gasteiger partial charge in [-0.3, -0.25) is 9.78 Å². The number of ether oxygens (including phenoxy) is 1. The molecule has 28 heavy (non-hydrogen) atoms. The molecule has 0 aliphatic carbocycles. The molecule has 3 rings (SSSR count). The molecule has 0 radical (unpaired) electrons. The van der Waals surface area contributed by atoms with Gasteiger partial charge in [-0.15, -0.1) is 0 Å². The molecule has 2 aromatic carbocycles. The van der Waals surface area contributed by atoms with Crippen molar-refractivity contribution in [1.82, 2.24) is 4.98 Å². The Morgan fingerprint density at radius 3 is 2.39 bits per heavy atom. The first-order chi connectivity index (χ1) is 13.3. The van der Waals surface area contributed by atoms with Crippen LogP contribution in [-0.2, 0) is 6.18 Å². The number of carbonyl (C=O) groups is 1. The van der Waals surface area contributed by atoms with Gasteiger partial charge in [-0.1, -0.05) is 6.07 Å². The van der Waals surface area contributed by atoms with Gasteiger partial charge in [-0.25, -0.2) is 0 Å². The minimum absolute atomic E-state index is 0.0372. The summed E-state index contributed by atoms with van der Waals surface area (Å²) in [7, 11) is 1.57. The predicted octanol–water partition coefficient (Wildman–Crippen LogP) is 5.10. The molecular formula is C20H16F3N3O2. The molecule has 1 heterocycles. The van der Waals surface area contributed by atoms with Gasteiger partial charge in [0.2, 0.25) is 0 Å². The summed E-state index contributed by atoms with van der Waals surface area (Å²) >= 11 is 0. The van der Waals surface area contributed by atoms with Crippen molar-refractivity contribution >= 4 is 23.0 Å². The molecule has 0 bridgehead atoms. The maximum atomic E-state index is 12.8. The van der Waals surface area contributed by atoms with E-state index in [9.17, 15) is 18.0 Å². The van der Waals surface area contributed by atoms with E-state index in [4.69, 9.17) is 4.74 Å². The van der Waals surface area contributed by atoms with Crippen LogP contribution in [0, 0.1) is 0 Å². The molecule has 1 amide bonds. The predicted molar refractivity (Wildman–Crippen MR) is 99.9 cm³/mol. The van der Waals surface area contributed by atoms with E-state index in [1.54, 1.807) is 25.3 Å². The van der Waals surface area contributed by atoms with Gasteiger partial charge in [0.1, 0.15) is 11.4 Å². The summed E-state index contributed by atoms with van der Waals surface area (Å²) in [4.78, 5) is 16.3. The summed E-state index contributed by atoms with van der Waals surface area (Å²) in [6.45, 7) is 0. The van der Waals surface area contributed by atoms with E-state index in [1.807, 2.05) is 12.1 Å². The van der Waals surface area contributed by atoms with Crippen molar-refractivity contribution in [2.75, 3.05) is 17.7 Å². The summed E-state index contributed by atoms with van der Waals surface area (Å²) < 4.78 is 43.5. The largest absolute Gasteiger partial charge is 0.497 e. The highest BCUT2D eigenvalue weighted by molar-refractivity contribution is 6.03. The van der Waals surface area contributed by atoms with Crippen LogP contribution in [0.3, 0.4) is 0 Å². The molecule has 0 saturated heterocycles. The third-order valence-electron chi connectivity index (χ3n) is 3.82. The van der Waals surface area contributed by atoms with Crippen LogP contribution in [0.2, 0.25) is 0 Å². The topological polar surface area (TPSA) is 63.2 Å². The fraction of sp³-hybridized carbons (Fsp3) is 0.100. The van der Waals surface area contributed by atoms with Crippen LogP contribution >= 0.6 is 0 Å². The number of benzene rings is 2. The quantitative estimate of drug-likeness (QED) is 0.639. The number of nitrogens with one attached hydrogen (secondary N) is 2. The number of rotatable bonds is 5. The number of nitrogens with zero attached hydrogens (tertiary/aromatic N) is 1. The summed E-state index contributed by atoms with van der Waals surface area (Å²) in [5.74, 6) is 0.0964. The third-order valence-corrected chi connectivity index (χ3v) is 3.82. The number of halogens is 3. The molecule has 3 aromatic rings. The van der Waals surface area contributed by atoms with Gasteiger partial charge in [0.05, 0.1) is 12.7 Å². The molecule has 2 N–H and O–H groups in total. The van der Waals surface area contributed by atoms with Gasteiger partial charge < -0.3 is 15.4 Å². The van der Waals surface area contributed by atoms with Crippen molar-refractivity contribution in [2.45, 2.75) is 6.18 Å². The lowest BCUT2D eigenvalue weighted by molar-refractivity contribution is -0.137. The number of methoxy groups -OCH3 is 1. The van der Waals surface area contributed by atoms with Crippen LogP contribution in [0.4, 0.5) is 30.2 Å². The summed E-state index contributed by atoms with van der Waals surface area (Å²) in [6.07, 6.45) is -3.05. The number of alkyl halides is 3. The maximum absolute atomic E-state index is 12.8. The van der Waals surface area contributed by atoms with Crippen LogP contribution in [-0.4, -0.2) is 18.0 Å². The zero-order valence-electron chi connectivity index (χ0n) is 14.7. The number of amides is 1. The minimum Gasteiger partial charge on any atom is -0.497 e. The van der Waals surface area contributed by atoms with Gasteiger partial charge in [0.15, 0.2) is 0 Å². The molecule has 1 aromatic heterocycles. The van der Waals surface area contributed by atoms with E-state index in [0.717, 1.165) is 17.8 Å². The van der Waals surface area contributed by atoms with E-state index in [2.05, 4.69) is 15.6 Å². The van der Waals surface area contributed by atoms with Crippen molar-refractivity contribution in [3.05, 3.63) is 78.1 Å². The maximum Gasteiger partial charge on any atom is 0.416 e. The zero-order valence-corrected chi connectivity index (χ0v) is 14.7. The SMILES string of the molecule is COc1ccc(Nc2ccnc(C(=O)Nc3cccc(C(F)(F)F)c3)c2)cc1. The smallest absolute Gasteiger partial charge is 0.416 e. The fourth-order valence-electron chi connectivity index (χ4n) is 2.44. The molecule has 0 unspecified atom stereocenters. The van der Waals surface area contributed by atoms with Gasteiger partial charge in [0.25, 0.3) is 5.91 Å². The lowest BCUT2D eigenvalue weighted by Crippen LogP contribution is -2.14. The Labute approximate surface area is 159 Å². The van der Waals surface area contributed by atoms with Crippen LogP contribution in [0.1, 0.15) is 16.1 Å². The Hall–Kier alpha value is -3.55. The minimum atomic E-state index is -4.48. The fourth-order valence-corrected chi connectivity index (χ4v) is 2.44. The van der Waals surface area contributed by atoms with Crippen LogP contribution < -0.4 is 15.4 Å². The normalized spacial score (nSPS) is 11.0. The van der Waals surface area contributed by atoms with E-state index in [-0.39, 0.29) is 11.4 Å². The van der Waals surface area contributed by atoms with E-state index in [1.165, 1.54) is 24.4 Å². The van der Waals surface area contributed by atoms with Crippen molar-refractivity contribution in [3.63, 3.8) is 0 Å². The average Bonchev–Trinajstić information content (AvgIpc) is 2.68. The monoisotopic (exact) mass is 387 g/mol. The lowest BCUT2D eigenvalue weighted by Gasteiger charge is -2.11. The van der Waals surface area contributed by atoms with Crippen molar-refractivity contribution in [2.24, 2.45) is 0 Å². The van der Waals surface area contributed by atoms with E-state index in [0.29, 0.717) is 11.4 Å². The first kappa shape index (κ1) is 19.2. The number of hydrogen-bond acceptors (Lipinski definition) is 4. The highest BCUT2D eigenvalue weighted by Crippen LogP contribution is 2.30. The highest BCUT2D eigenvalue weighted by atomic mass is 19.4. The van der Waals surface area contributed by atoms with Gasteiger partial charge in [0, 0.05) is 23.3 Å². The Bertz CT molecular complexity index is 973. The standard InChI is InChI=1S/C20H16F3N3O2/c1-28-17-7-5-14(6-8-17)25-16-9-10-24-18(12-16)19(27)26-15-4-2-3-13(11-15)20(21,22)23/h2-12H,1H3,(H,24,25)(H,26,27). The van der Waals surface area contributed by atoms with E-state index < -0.39 is 17.6 Å². The van der Waals surface area contributed by atoms with Crippen LogP contribution in [0.25, 0.3) is 0 Å². The molecule has 8 heteroatoms. The van der Waals surface area contributed by atoms with Crippen LogP contribution in [0.5, 0.6) is 5.75 Å². The molecule has 0 aliphatic heterocycles. The second-order valence-corrected chi connectivity index (χ2v) is 5.82. The van der Waals surface area contributed by atoms with Gasteiger partial charge in [-0.2, -0.15) is 13.2 Å². The number of aromatic nitrogens is 1. The summed E-state index contributed by atoms with van der Waals surface area (Å²) in [5, 5.41) is 5.55. The molecular weight excluding hydrogens is 371 g/mol. The number of hydrogen-bond donors (Lipinski definition) is 2. The molecule has 0 spiro atoms. The van der Waals surface area contributed by atoms with Crippen molar-refractivity contribution < 1.29 is 22.7 Å². The first-order valence-electron chi connectivity index (χ1n) is 8.21. The first-order valence-corrected chi connectivity index (χ1v) is 8.21. The number of anilines is 3. The molecule has 0 atom stereocenters. The Morgan fingerprint density at radius 2 is 1.71 bits per heavy atom. The number of carbonyl (C=O) groups excluding carboxylic acids is 1. The highest BCUT2D eigenvalue weighted by Gasteiger charge is 2.30. The second-order valence-electron chi connectivity index (χ2n) is 5.82. The summed E-state index contributed by atoms with van der Waals surface area (Å²) in [5.41, 5.74) is 0.643. The molecule has 0 fully saturated rings. The van der Waals surface area contributed by atoms with Crippen LogP contribution in [0.15, 0.2) is 66.9 Å². The molecule has 5 nitrogen and oxygen atoms in total. The summed E-state index contributed by atoms with van der Waals surface area (Å²) in [6, 6.07) is 14.8. The van der Waals surface area contributed by atoms with Crippen molar-refractivity contribution in [3.8, 4) is 5.75 Å². The average molecular weight is 387 g/mol. The molecule has 0 aliphatic rings. The Balaban J connectivity index is 1.73. The second kappa shape index (κ2) is 7.99. The van der Waals surface area contributed by atoms with E-state index >= 15 is 0 Å². The molecule has 144 valence electrons. The van der Waals surface area contributed by atoms with Crippen molar-refractivity contribution in [1.29, 1.82) is 0 Å².